The second-order valence-corrected chi connectivity index (χ2v) is 17.6. The Labute approximate surface area is 222 Å². The molecule has 2 saturated heterocycles. The van der Waals surface area contributed by atoms with Crippen LogP contribution >= 0.6 is 23.2 Å². The van der Waals surface area contributed by atoms with Gasteiger partial charge in [0.2, 0.25) is 0 Å². The molecule has 1 unspecified atom stereocenters. The topological polar surface area (TPSA) is 45.2 Å². The molecule has 0 aromatic heterocycles. The van der Waals surface area contributed by atoms with Crippen molar-refractivity contribution in [1.82, 2.24) is 9.80 Å². The Hall–Kier alpha value is -1.41. The van der Waals surface area contributed by atoms with Crippen molar-refractivity contribution in [2.75, 3.05) is 37.6 Å². The van der Waals surface area contributed by atoms with Crippen LogP contribution in [0.25, 0.3) is 0 Å². The number of anilines is 1. The van der Waals surface area contributed by atoms with E-state index in [0.717, 1.165) is 37.6 Å². The maximum atomic E-state index is 13.1. The molecule has 0 bridgehead atoms. The van der Waals surface area contributed by atoms with Crippen molar-refractivity contribution in [2.45, 2.75) is 77.8 Å². The maximum Gasteiger partial charge on any atom is 0.414 e. The van der Waals surface area contributed by atoms with Gasteiger partial charge in [-0.3, -0.25) is 4.90 Å². The third-order valence-corrected chi connectivity index (χ3v) is 12.3. The summed E-state index contributed by atoms with van der Waals surface area (Å²) in [4.78, 5) is 19.4. The summed E-state index contributed by atoms with van der Waals surface area (Å²) in [5.41, 5.74) is 1.37. The number of carbonyl (C=O) groups is 1. The van der Waals surface area contributed by atoms with Crippen LogP contribution in [0.15, 0.2) is 30.1 Å². The van der Waals surface area contributed by atoms with Gasteiger partial charge in [0.1, 0.15) is 5.60 Å². The number of ether oxygens (including phenoxy) is 1. The number of carbonyl (C=O) groups excluding carboxylic acids is 1. The Balaban J connectivity index is 1.74. The van der Waals surface area contributed by atoms with Gasteiger partial charge in [0.15, 0.2) is 8.32 Å². The first-order valence-electron chi connectivity index (χ1n) is 12.4. The molecule has 1 atom stereocenters. The number of piperazine rings is 1. The van der Waals surface area contributed by atoms with E-state index in [1.165, 1.54) is 0 Å². The van der Waals surface area contributed by atoms with Crippen LogP contribution in [0.1, 0.15) is 48.0 Å². The van der Waals surface area contributed by atoms with Crippen molar-refractivity contribution >= 4 is 43.3 Å². The fraction of sp³-hybridized carbons (Fsp3) is 0.654. The molecule has 0 saturated carbocycles. The number of nitrogens with zero attached hydrogens (tertiary/aromatic N) is 3. The first kappa shape index (κ1) is 28.2. The molecule has 2 aliphatic rings. The number of benzene rings is 1. The second kappa shape index (κ2) is 10.5. The van der Waals surface area contributed by atoms with Gasteiger partial charge in [-0.2, -0.15) is 0 Å². The van der Waals surface area contributed by atoms with Crippen LogP contribution in [0.3, 0.4) is 0 Å². The number of halogens is 2. The summed E-state index contributed by atoms with van der Waals surface area (Å²) in [6.45, 7) is 20.7. The van der Waals surface area contributed by atoms with Crippen LogP contribution in [0.4, 0.5) is 10.5 Å². The fourth-order valence-electron chi connectivity index (χ4n) is 4.07. The highest BCUT2D eigenvalue weighted by molar-refractivity contribution is 6.74. The van der Waals surface area contributed by atoms with Gasteiger partial charge in [0.25, 0.3) is 0 Å². The Morgan fingerprint density at radius 1 is 1.06 bits per heavy atom. The van der Waals surface area contributed by atoms with E-state index in [0.29, 0.717) is 23.0 Å². The van der Waals surface area contributed by atoms with Crippen LogP contribution < -0.4 is 4.90 Å². The molecule has 1 aromatic rings. The fourth-order valence-corrected chi connectivity index (χ4v) is 5.83. The summed E-state index contributed by atoms with van der Waals surface area (Å²) in [5, 5.41) is 1.27. The molecule has 6 nitrogen and oxygen atoms in total. The van der Waals surface area contributed by atoms with Crippen molar-refractivity contribution in [3.8, 4) is 0 Å². The molecule has 35 heavy (non-hydrogen) atoms. The molecule has 0 radical (unpaired) electrons. The largest absolute Gasteiger partial charge is 0.443 e. The Bertz CT molecular complexity index is 948. The average Bonchev–Trinajstić information content (AvgIpc) is 3.10. The van der Waals surface area contributed by atoms with Crippen molar-refractivity contribution in [3.63, 3.8) is 0 Å². The van der Waals surface area contributed by atoms with Crippen LogP contribution in [-0.4, -0.2) is 68.6 Å². The number of hydrogen-bond acceptors (Lipinski definition) is 5. The number of rotatable bonds is 4. The van der Waals surface area contributed by atoms with Crippen LogP contribution in [-0.2, 0) is 9.16 Å². The monoisotopic (exact) mass is 541 g/mol. The van der Waals surface area contributed by atoms with E-state index in [1.54, 1.807) is 4.90 Å². The lowest BCUT2D eigenvalue weighted by Gasteiger charge is -2.38. The standard InChI is InChI=1S/C26H41Cl2N3O3Si/c1-25(2,3)33-24(32)31-18-20(34-35(7,8)26(4,5)6)16-19(31)17-29-12-14-30(15-13-29)22-11-9-10-21(27)23(22)28/h9-11,17,20H,12-16,18H2,1-8H3/b19-17+. The molecule has 0 aliphatic carbocycles. The van der Waals surface area contributed by atoms with E-state index in [4.69, 9.17) is 32.4 Å². The third kappa shape index (κ3) is 7.09. The number of likely N-dealkylation sites (tertiary alicyclic amines) is 1. The maximum absolute atomic E-state index is 13.1. The highest BCUT2D eigenvalue weighted by Crippen LogP contribution is 2.40. The van der Waals surface area contributed by atoms with Gasteiger partial charge in [-0.25, -0.2) is 4.79 Å². The average molecular weight is 543 g/mol. The second-order valence-electron chi connectivity index (χ2n) is 12.0. The minimum absolute atomic E-state index is 0.0267. The minimum atomic E-state index is -1.97. The van der Waals surface area contributed by atoms with Crippen LogP contribution in [0.2, 0.25) is 28.2 Å². The number of amides is 1. The highest BCUT2D eigenvalue weighted by Gasteiger charge is 2.43. The van der Waals surface area contributed by atoms with E-state index in [2.05, 4.69) is 49.9 Å². The number of hydrogen-bond donors (Lipinski definition) is 0. The summed E-state index contributed by atoms with van der Waals surface area (Å²) in [5.74, 6) is 0. The lowest BCUT2D eigenvalue weighted by molar-refractivity contribution is 0.0309. The Morgan fingerprint density at radius 2 is 1.69 bits per heavy atom. The molecule has 3 rings (SSSR count). The van der Waals surface area contributed by atoms with Gasteiger partial charge in [0, 0.05) is 44.5 Å². The third-order valence-electron chi connectivity index (χ3n) is 6.97. The summed E-state index contributed by atoms with van der Waals surface area (Å²) < 4.78 is 12.4. The molecule has 2 fully saturated rings. The highest BCUT2D eigenvalue weighted by atomic mass is 35.5. The molecule has 0 N–H and O–H groups in total. The zero-order chi connectivity index (χ0) is 26.2. The Kier molecular flexibility index (Phi) is 8.47. The van der Waals surface area contributed by atoms with E-state index in [9.17, 15) is 4.79 Å². The predicted molar refractivity (Wildman–Crippen MR) is 148 cm³/mol. The predicted octanol–water partition coefficient (Wildman–Crippen LogP) is 6.99. The lowest BCUT2D eigenvalue weighted by atomic mass is 10.2. The molecular formula is C26H41Cl2N3O3Si. The van der Waals surface area contributed by atoms with Crippen molar-refractivity contribution < 1.29 is 14.0 Å². The first-order valence-corrected chi connectivity index (χ1v) is 16.1. The Morgan fingerprint density at radius 3 is 2.26 bits per heavy atom. The quantitative estimate of drug-likeness (QED) is 0.384. The molecule has 1 amide bonds. The van der Waals surface area contributed by atoms with Gasteiger partial charge in [-0.05, 0) is 51.0 Å². The van der Waals surface area contributed by atoms with E-state index >= 15 is 0 Å². The summed E-state index contributed by atoms with van der Waals surface area (Å²) in [7, 11) is -1.97. The van der Waals surface area contributed by atoms with Gasteiger partial charge >= 0.3 is 6.09 Å². The summed E-state index contributed by atoms with van der Waals surface area (Å²) in [6, 6.07) is 5.74. The smallest absolute Gasteiger partial charge is 0.414 e. The minimum Gasteiger partial charge on any atom is -0.443 e. The molecular weight excluding hydrogens is 501 g/mol. The summed E-state index contributed by atoms with van der Waals surface area (Å²) >= 11 is 12.7. The van der Waals surface area contributed by atoms with Gasteiger partial charge in [-0.15, -0.1) is 0 Å². The van der Waals surface area contributed by atoms with E-state index in [-0.39, 0.29) is 17.2 Å². The van der Waals surface area contributed by atoms with Crippen molar-refractivity contribution in [3.05, 3.63) is 40.1 Å². The van der Waals surface area contributed by atoms with Gasteiger partial charge in [0.05, 0.1) is 28.4 Å². The molecule has 2 heterocycles. The van der Waals surface area contributed by atoms with Gasteiger partial charge < -0.3 is 19.0 Å². The van der Waals surface area contributed by atoms with Gasteiger partial charge in [-0.1, -0.05) is 50.0 Å². The lowest BCUT2D eigenvalue weighted by Crippen LogP contribution is -2.45. The zero-order valence-corrected chi connectivity index (χ0v) is 25.0. The van der Waals surface area contributed by atoms with Crippen molar-refractivity contribution in [2.24, 2.45) is 0 Å². The molecule has 1 aromatic carbocycles. The van der Waals surface area contributed by atoms with E-state index < -0.39 is 13.9 Å². The summed E-state index contributed by atoms with van der Waals surface area (Å²) in [6.07, 6.45) is 2.48. The normalized spacial score (nSPS) is 21.1. The first-order chi connectivity index (χ1) is 16.1. The van der Waals surface area contributed by atoms with Crippen molar-refractivity contribution in [1.29, 1.82) is 0 Å². The van der Waals surface area contributed by atoms with E-state index in [1.807, 2.05) is 39.0 Å². The van der Waals surface area contributed by atoms with Crippen LogP contribution in [0.5, 0.6) is 0 Å². The molecule has 9 heteroatoms. The molecule has 0 spiro atoms. The SMILES string of the molecule is CC(C)(C)OC(=O)N1CC(O[Si](C)(C)C(C)(C)C)C/C1=C\N1CCN(c2cccc(Cl)c2Cl)CC1. The van der Waals surface area contributed by atoms with Crippen LogP contribution in [0, 0.1) is 0 Å². The molecule has 2 aliphatic heterocycles. The molecule has 196 valence electrons. The zero-order valence-electron chi connectivity index (χ0n) is 22.5.